The topological polar surface area (TPSA) is 18.5 Å². The summed E-state index contributed by atoms with van der Waals surface area (Å²) in [6.07, 6.45) is 0. The first kappa shape index (κ1) is 12.6. The first-order valence-electron chi connectivity index (χ1n) is 7.60. The molecule has 0 bridgehead atoms. The predicted molar refractivity (Wildman–Crippen MR) is 96.0 cm³/mol. The molecule has 5 rings (SSSR count). The number of hydrogen-bond acceptors (Lipinski definition) is 2. The molecule has 0 spiro atoms. The second kappa shape index (κ2) is 4.29. The molecular formula is C20H13BO2. The molecule has 0 atom stereocenters. The van der Waals surface area contributed by atoms with Crippen molar-refractivity contribution in [1.82, 2.24) is 0 Å². The Balaban J connectivity index is 1.81. The molecule has 0 saturated carbocycles. The van der Waals surface area contributed by atoms with Crippen LogP contribution < -0.4 is 5.46 Å². The largest absolute Gasteiger partial charge is 0.632 e. The van der Waals surface area contributed by atoms with Crippen LogP contribution in [0.25, 0.3) is 32.3 Å². The first-order valence-corrected chi connectivity index (χ1v) is 7.60. The lowest BCUT2D eigenvalue weighted by molar-refractivity contribution is 0.431. The van der Waals surface area contributed by atoms with Gasteiger partial charge in [-0.25, -0.2) is 0 Å². The predicted octanol–water partition coefficient (Wildman–Crippen LogP) is 4.35. The van der Waals surface area contributed by atoms with Crippen LogP contribution in [0.15, 0.2) is 79.3 Å². The molecule has 4 aromatic rings. The van der Waals surface area contributed by atoms with Gasteiger partial charge in [-0.3, -0.25) is 0 Å². The van der Waals surface area contributed by atoms with Gasteiger partial charge in [0.2, 0.25) is 0 Å². The zero-order valence-corrected chi connectivity index (χ0v) is 12.5. The molecule has 0 N–H and O–H groups in total. The lowest BCUT2D eigenvalue weighted by Crippen LogP contribution is -2.31. The Morgan fingerprint density at radius 3 is 1.70 bits per heavy atom. The van der Waals surface area contributed by atoms with E-state index in [1.807, 2.05) is 0 Å². The molecule has 0 aliphatic carbocycles. The highest BCUT2D eigenvalue weighted by Crippen LogP contribution is 2.34. The summed E-state index contributed by atoms with van der Waals surface area (Å²) >= 11 is 0. The van der Waals surface area contributed by atoms with Crippen LogP contribution in [0.5, 0.6) is 0 Å². The third kappa shape index (κ3) is 1.70. The fourth-order valence-electron chi connectivity index (χ4n) is 3.46. The van der Waals surface area contributed by atoms with E-state index in [4.69, 9.17) is 9.31 Å². The van der Waals surface area contributed by atoms with Crippen LogP contribution in [0.1, 0.15) is 0 Å². The maximum atomic E-state index is 5.67. The van der Waals surface area contributed by atoms with E-state index in [2.05, 4.69) is 67.8 Å². The van der Waals surface area contributed by atoms with E-state index in [1.54, 1.807) is 0 Å². The maximum absolute atomic E-state index is 5.67. The summed E-state index contributed by atoms with van der Waals surface area (Å²) in [6.45, 7) is 7.61. The van der Waals surface area contributed by atoms with Gasteiger partial charge in [0.1, 0.15) is 11.5 Å². The monoisotopic (exact) mass is 296 g/mol. The Morgan fingerprint density at radius 1 is 0.652 bits per heavy atom. The summed E-state index contributed by atoms with van der Waals surface area (Å²) in [4.78, 5) is 0. The lowest BCUT2D eigenvalue weighted by atomic mass is 9.77. The van der Waals surface area contributed by atoms with Crippen LogP contribution in [-0.2, 0) is 9.31 Å². The van der Waals surface area contributed by atoms with Crippen molar-refractivity contribution in [2.24, 2.45) is 0 Å². The molecule has 1 saturated heterocycles. The van der Waals surface area contributed by atoms with Crippen molar-refractivity contribution in [2.75, 3.05) is 0 Å². The van der Waals surface area contributed by atoms with Crippen LogP contribution in [-0.4, -0.2) is 7.12 Å². The summed E-state index contributed by atoms with van der Waals surface area (Å²) in [6, 6.07) is 19.3. The van der Waals surface area contributed by atoms with Crippen LogP contribution in [0.3, 0.4) is 0 Å². The molecule has 1 aliphatic heterocycles. The summed E-state index contributed by atoms with van der Waals surface area (Å²) in [5.74, 6) is 1.00. The second-order valence-corrected chi connectivity index (χ2v) is 5.97. The normalized spacial score (nSPS) is 14.9. The quantitative estimate of drug-likeness (QED) is 0.384. The van der Waals surface area contributed by atoms with Crippen molar-refractivity contribution in [3.05, 3.63) is 79.3 Å². The highest BCUT2D eigenvalue weighted by Gasteiger charge is 2.34. The van der Waals surface area contributed by atoms with Gasteiger partial charge < -0.3 is 9.31 Å². The Morgan fingerprint density at radius 2 is 1.13 bits per heavy atom. The standard InChI is InChI=1S/C20H13BO2/c1-12-13(2)23-21(22-12)18-10-16-8-6-14-4-3-5-15-7-9-17(11-18)20(16)19(14)15/h3-11H,1-2H2. The Kier molecular flexibility index (Phi) is 2.35. The molecule has 0 radical (unpaired) electrons. The van der Waals surface area contributed by atoms with Crippen molar-refractivity contribution >= 4 is 44.9 Å². The Hall–Kier alpha value is -2.94. The second-order valence-electron chi connectivity index (χ2n) is 5.97. The zero-order valence-electron chi connectivity index (χ0n) is 12.5. The van der Waals surface area contributed by atoms with Gasteiger partial charge in [-0.05, 0) is 32.3 Å². The van der Waals surface area contributed by atoms with Gasteiger partial charge >= 0.3 is 7.12 Å². The highest BCUT2D eigenvalue weighted by atomic mass is 16.6. The molecule has 23 heavy (non-hydrogen) atoms. The fourth-order valence-corrected chi connectivity index (χ4v) is 3.46. The summed E-state index contributed by atoms with van der Waals surface area (Å²) < 4.78 is 11.3. The van der Waals surface area contributed by atoms with Gasteiger partial charge in [0, 0.05) is 5.46 Å². The summed E-state index contributed by atoms with van der Waals surface area (Å²) in [5, 5.41) is 7.53. The molecular weight excluding hydrogens is 283 g/mol. The van der Waals surface area contributed by atoms with Crippen molar-refractivity contribution in [2.45, 2.75) is 0 Å². The molecule has 1 heterocycles. The average molecular weight is 296 g/mol. The van der Waals surface area contributed by atoms with Crippen molar-refractivity contribution < 1.29 is 9.31 Å². The molecule has 0 amide bonds. The minimum absolute atomic E-state index is 0.461. The lowest BCUT2D eigenvalue weighted by Gasteiger charge is -2.13. The summed E-state index contributed by atoms with van der Waals surface area (Å²) in [5.41, 5.74) is 0.982. The average Bonchev–Trinajstić information content (AvgIpc) is 2.91. The molecule has 0 aromatic heterocycles. The summed E-state index contributed by atoms with van der Waals surface area (Å²) in [7, 11) is -0.461. The third-order valence-electron chi connectivity index (χ3n) is 4.57. The zero-order chi connectivity index (χ0) is 15.6. The number of hydrogen-bond donors (Lipinski definition) is 0. The molecule has 3 heteroatoms. The van der Waals surface area contributed by atoms with E-state index in [0.29, 0.717) is 11.5 Å². The Labute approximate surface area is 134 Å². The minimum atomic E-state index is -0.461. The van der Waals surface area contributed by atoms with Crippen molar-refractivity contribution in [3.63, 3.8) is 0 Å². The molecule has 1 aliphatic rings. The van der Waals surface area contributed by atoms with Gasteiger partial charge in [0.25, 0.3) is 0 Å². The van der Waals surface area contributed by atoms with Crippen molar-refractivity contribution in [1.29, 1.82) is 0 Å². The fraction of sp³-hybridized carbons (Fsp3) is 0. The number of benzene rings is 4. The highest BCUT2D eigenvalue weighted by molar-refractivity contribution is 6.63. The van der Waals surface area contributed by atoms with E-state index < -0.39 is 7.12 Å². The maximum Gasteiger partial charge on any atom is 0.632 e. The van der Waals surface area contributed by atoms with E-state index >= 15 is 0 Å². The van der Waals surface area contributed by atoms with E-state index in [1.165, 1.54) is 32.3 Å². The van der Waals surface area contributed by atoms with Crippen molar-refractivity contribution in [3.8, 4) is 0 Å². The van der Waals surface area contributed by atoms with Crippen LogP contribution in [0, 0.1) is 0 Å². The smallest absolute Gasteiger partial charge is 0.520 e. The SMILES string of the molecule is C=C1OB(c2cc3ccc4cccc5ccc(c2)c3c45)OC1=C. The van der Waals surface area contributed by atoms with Crippen LogP contribution >= 0.6 is 0 Å². The van der Waals surface area contributed by atoms with E-state index in [-0.39, 0.29) is 0 Å². The van der Waals surface area contributed by atoms with E-state index in [0.717, 1.165) is 5.46 Å². The molecule has 2 nitrogen and oxygen atoms in total. The molecule has 4 aromatic carbocycles. The van der Waals surface area contributed by atoms with Gasteiger partial charge in [0.05, 0.1) is 0 Å². The molecule has 1 fully saturated rings. The number of rotatable bonds is 1. The molecule has 108 valence electrons. The van der Waals surface area contributed by atoms with Crippen LogP contribution in [0.4, 0.5) is 0 Å². The molecule has 0 unspecified atom stereocenters. The third-order valence-corrected chi connectivity index (χ3v) is 4.57. The van der Waals surface area contributed by atoms with Gasteiger partial charge in [-0.15, -0.1) is 0 Å². The van der Waals surface area contributed by atoms with Crippen LogP contribution in [0.2, 0.25) is 0 Å². The van der Waals surface area contributed by atoms with E-state index in [9.17, 15) is 0 Å². The first-order chi connectivity index (χ1) is 11.2. The van der Waals surface area contributed by atoms with Gasteiger partial charge in [-0.2, -0.15) is 0 Å². The Bertz CT molecular complexity index is 1030. The van der Waals surface area contributed by atoms with Gasteiger partial charge in [0.15, 0.2) is 0 Å². The van der Waals surface area contributed by atoms with Gasteiger partial charge in [-0.1, -0.05) is 67.8 Å². The minimum Gasteiger partial charge on any atom is -0.520 e.